The van der Waals surface area contributed by atoms with Crippen molar-refractivity contribution in [2.75, 3.05) is 14.2 Å². The normalized spacial score (nSPS) is 9.52. The van der Waals surface area contributed by atoms with Crippen LogP contribution >= 0.6 is 0 Å². The van der Waals surface area contributed by atoms with Gasteiger partial charge < -0.3 is 14.2 Å². The molecular formula is C22H34O5. The zero-order chi connectivity index (χ0) is 20.8. The second-order valence-corrected chi connectivity index (χ2v) is 5.28. The van der Waals surface area contributed by atoms with E-state index >= 15 is 0 Å². The molecule has 152 valence electrons. The summed E-state index contributed by atoms with van der Waals surface area (Å²) in [5.74, 6) is 2.13. The zero-order valence-corrected chi connectivity index (χ0v) is 17.9. The molecule has 1 N–H and O–H groups in total. The van der Waals surface area contributed by atoms with Crippen molar-refractivity contribution in [3.05, 3.63) is 52.6 Å². The van der Waals surface area contributed by atoms with E-state index in [9.17, 15) is 0 Å². The van der Waals surface area contributed by atoms with E-state index in [0.717, 1.165) is 28.0 Å². The van der Waals surface area contributed by atoms with Gasteiger partial charge in [0.25, 0.3) is 0 Å². The van der Waals surface area contributed by atoms with E-state index in [4.69, 9.17) is 19.5 Å². The first-order valence-corrected chi connectivity index (χ1v) is 9.29. The van der Waals surface area contributed by atoms with Crippen LogP contribution in [-0.2, 0) is 22.8 Å². The fraction of sp³-hybridized carbons (Fsp3) is 0.455. The maximum Gasteiger partial charge on any atom is 0.131 e. The number of benzene rings is 2. The number of hydrogen-bond acceptors (Lipinski definition) is 5. The molecular weight excluding hydrogens is 344 g/mol. The maximum atomic E-state index is 8.81. The molecule has 5 nitrogen and oxygen atoms in total. The van der Waals surface area contributed by atoms with Crippen molar-refractivity contribution in [1.82, 2.24) is 0 Å². The van der Waals surface area contributed by atoms with Crippen molar-refractivity contribution >= 4 is 0 Å². The lowest BCUT2D eigenvalue weighted by molar-refractivity contribution is -0.253. The van der Waals surface area contributed by atoms with Crippen molar-refractivity contribution in [1.29, 1.82) is 0 Å². The number of rotatable bonds is 7. The molecule has 0 unspecified atom stereocenters. The summed E-state index contributed by atoms with van der Waals surface area (Å²) in [6, 6.07) is 9.63. The van der Waals surface area contributed by atoms with E-state index in [1.807, 2.05) is 71.9 Å². The van der Waals surface area contributed by atoms with Gasteiger partial charge in [0, 0.05) is 18.2 Å². The first-order valence-electron chi connectivity index (χ1n) is 9.29. The summed E-state index contributed by atoms with van der Waals surface area (Å²) in [6.07, 6.45) is 0. The Hall–Kier alpha value is -2.08. The Morgan fingerprint density at radius 3 is 1.96 bits per heavy atom. The van der Waals surface area contributed by atoms with Crippen molar-refractivity contribution in [3.63, 3.8) is 0 Å². The van der Waals surface area contributed by atoms with Crippen LogP contribution in [0.4, 0.5) is 0 Å². The molecule has 0 aromatic heterocycles. The number of aryl methyl sites for hydroxylation is 1. The van der Waals surface area contributed by atoms with Crippen LogP contribution in [0, 0.1) is 13.8 Å². The number of ether oxygens (including phenoxy) is 3. The summed E-state index contributed by atoms with van der Waals surface area (Å²) in [6.45, 7) is 12.4. The highest BCUT2D eigenvalue weighted by Gasteiger charge is 2.16. The predicted molar refractivity (Wildman–Crippen MR) is 110 cm³/mol. The van der Waals surface area contributed by atoms with Gasteiger partial charge in [0.15, 0.2) is 0 Å². The second-order valence-electron chi connectivity index (χ2n) is 5.28. The Morgan fingerprint density at radius 2 is 1.48 bits per heavy atom. The Balaban J connectivity index is 0.00000158. The summed E-state index contributed by atoms with van der Waals surface area (Å²) >= 11 is 0. The van der Waals surface area contributed by atoms with Gasteiger partial charge in [0.05, 0.1) is 13.7 Å². The summed E-state index contributed by atoms with van der Waals surface area (Å²) in [5.41, 5.74) is 3.62. The third-order valence-electron chi connectivity index (χ3n) is 3.68. The highest BCUT2D eigenvalue weighted by molar-refractivity contribution is 5.53. The lowest BCUT2D eigenvalue weighted by Gasteiger charge is -2.17. The molecule has 0 amide bonds. The van der Waals surface area contributed by atoms with E-state index in [0.29, 0.717) is 18.1 Å². The minimum atomic E-state index is 0.0415. The molecule has 0 saturated carbocycles. The monoisotopic (exact) mass is 378 g/mol. The standard InChI is InChI=1S/C18H22O5.2C2H6/c1-12-9-17(13(2)16(11-22-19)18(12)21-4)23-15-7-5-14(6-8-15)10-20-3;2*1-2/h5-9,19H,10-11H2,1-4H3;2*1-2H3. The van der Waals surface area contributed by atoms with Gasteiger partial charge in [-0.05, 0) is 43.2 Å². The summed E-state index contributed by atoms with van der Waals surface area (Å²) in [5, 5.41) is 8.81. The van der Waals surface area contributed by atoms with Crippen molar-refractivity contribution in [2.24, 2.45) is 0 Å². The largest absolute Gasteiger partial charge is 0.496 e. The molecule has 0 heterocycles. The molecule has 27 heavy (non-hydrogen) atoms. The minimum Gasteiger partial charge on any atom is -0.496 e. The van der Waals surface area contributed by atoms with Gasteiger partial charge in [-0.1, -0.05) is 39.8 Å². The zero-order valence-electron chi connectivity index (χ0n) is 17.9. The Bertz CT molecular complexity index is 651. The lowest BCUT2D eigenvalue weighted by atomic mass is 10.0. The average Bonchev–Trinajstić information content (AvgIpc) is 2.71. The van der Waals surface area contributed by atoms with Crippen LogP contribution in [0.3, 0.4) is 0 Å². The fourth-order valence-electron chi connectivity index (χ4n) is 2.50. The molecule has 0 spiro atoms. The van der Waals surface area contributed by atoms with E-state index < -0.39 is 0 Å². The third kappa shape index (κ3) is 7.21. The average molecular weight is 379 g/mol. The molecule has 0 radical (unpaired) electrons. The van der Waals surface area contributed by atoms with Gasteiger partial charge in [-0.3, -0.25) is 5.26 Å². The Morgan fingerprint density at radius 1 is 0.889 bits per heavy atom. The maximum absolute atomic E-state index is 8.81. The van der Waals surface area contributed by atoms with Crippen LogP contribution in [0.2, 0.25) is 0 Å². The van der Waals surface area contributed by atoms with E-state index in [1.165, 1.54) is 0 Å². The number of hydrogen-bond donors (Lipinski definition) is 1. The van der Waals surface area contributed by atoms with Crippen molar-refractivity contribution in [3.8, 4) is 17.2 Å². The van der Waals surface area contributed by atoms with E-state index in [2.05, 4.69) is 4.89 Å². The summed E-state index contributed by atoms with van der Waals surface area (Å²) in [4.78, 5) is 4.30. The second kappa shape index (κ2) is 14.0. The lowest BCUT2D eigenvalue weighted by Crippen LogP contribution is -2.02. The molecule has 0 aliphatic carbocycles. The van der Waals surface area contributed by atoms with Crippen LogP contribution in [-0.4, -0.2) is 19.5 Å². The smallest absolute Gasteiger partial charge is 0.131 e. The first-order chi connectivity index (χ1) is 13.1. The van der Waals surface area contributed by atoms with Crippen molar-refractivity contribution < 1.29 is 24.4 Å². The Labute approximate surface area is 163 Å². The quantitative estimate of drug-likeness (QED) is 0.453. The third-order valence-corrected chi connectivity index (χ3v) is 3.68. The highest BCUT2D eigenvalue weighted by atomic mass is 17.1. The molecule has 2 rings (SSSR count). The minimum absolute atomic E-state index is 0.0415. The van der Waals surface area contributed by atoms with E-state index in [1.54, 1.807) is 14.2 Å². The topological polar surface area (TPSA) is 57.2 Å². The molecule has 2 aromatic rings. The fourth-order valence-corrected chi connectivity index (χ4v) is 2.50. The van der Waals surface area contributed by atoms with Crippen LogP contribution in [0.25, 0.3) is 0 Å². The van der Waals surface area contributed by atoms with Gasteiger partial charge in [-0.15, -0.1) is 0 Å². The van der Waals surface area contributed by atoms with Crippen LogP contribution in [0.1, 0.15) is 49.9 Å². The van der Waals surface area contributed by atoms with Crippen LogP contribution in [0.15, 0.2) is 30.3 Å². The predicted octanol–water partition coefficient (Wildman–Crippen LogP) is 6.29. The number of methoxy groups -OCH3 is 2. The van der Waals surface area contributed by atoms with Gasteiger partial charge >= 0.3 is 0 Å². The van der Waals surface area contributed by atoms with Gasteiger partial charge in [0.2, 0.25) is 0 Å². The first kappa shape index (κ1) is 24.9. The molecule has 0 aliphatic rings. The van der Waals surface area contributed by atoms with Crippen LogP contribution in [0.5, 0.6) is 17.2 Å². The van der Waals surface area contributed by atoms with E-state index in [-0.39, 0.29) is 6.61 Å². The highest BCUT2D eigenvalue weighted by Crippen LogP contribution is 2.36. The summed E-state index contributed by atoms with van der Waals surface area (Å²) in [7, 11) is 3.26. The molecule has 0 saturated heterocycles. The van der Waals surface area contributed by atoms with Gasteiger partial charge in [-0.2, -0.15) is 0 Å². The molecule has 5 heteroatoms. The molecule has 0 bridgehead atoms. The van der Waals surface area contributed by atoms with Gasteiger partial charge in [0.1, 0.15) is 23.9 Å². The summed E-state index contributed by atoms with van der Waals surface area (Å²) < 4.78 is 16.5. The Kier molecular flexibility index (Phi) is 13.0. The molecule has 2 aromatic carbocycles. The van der Waals surface area contributed by atoms with Crippen molar-refractivity contribution in [2.45, 2.75) is 54.8 Å². The molecule has 0 atom stereocenters. The molecule has 0 fully saturated rings. The van der Waals surface area contributed by atoms with Crippen LogP contribution < -0.4 is 9.47 Å². The van der Waals surface area contributed by atoms with Gasteiger partial charge in [-0.25, -0.2) is 4.89 Å². The SMILES string of the molecule is CC.CC.COCc1ccc(Oc2cc(C)c(OC)c(COO)c2C)cc1. The molecule has 0 aliphatic heterocycles.